The molecule has 0 bridgehead atoms. The van der Waals surface area contributed by atoms with Crippen LogP contribution in [0.4, 0.5) is 13.2 Å². The molecular weight excluding hydrogens is 281 g/mol. The summed E-state index contributed by atoms with van der Waals surface area (Å²) in [6.07, 6.45) is -1.61. The SMILES string of the molecule is CN1CCN(C(=O)/C=C/c2cccc(C(F)(F)F)c2)CC1. The van der Waals surface area contributed by atoms with Crippen LogP contribution in [-0.4, -0.2) is 48.9 Å². The molecule has 1 saturated heterocycles. The zero-order valence-electron chi connectivity index (χ0n) is 11.7. The number of likely N-dealkylation sites (N-methyl/N-ethyl adjacent to an activating group) is 1. The molecular formula is C15H17F3N2O. The van der Waals surface area contributed by atoms with E-state index in [-0.39, 0.29) is 5.91 Å². The zero-order chi connectivity index (χ0) is 15.5. The standard InChI is InChI=1S/C15H17F3N2O/c1-19-7-9-20(10-8-19)14(21)6-5-12-3-2-4-13(11-12)15(16,17)18/h2-6,11H,7-10H2,1H3/b6-5+. The number of hydrogen-bond donors (Lipinski definition) is 0. The van der Waals surface area contributed by atoms with Crippen LogP contribution in [-0.2, 0) is 11.0 Å². The smallest absolute Gasteiger partial charge is 0.337 e. The lowest BCUT2D eigenvalue weighted by Gasteiger charge is -2.31. The molecule has 0 aromatic heterocycles. The number of benzene rings is 1. The van der Waals surface area contributed by atoms with Gasteiger partial charge in [-0.05, 0) is 30.8 Å². The minimum atomic E-state index is -4.37. The molecule has 2 rings (SSSR count). The summed E-state index contributed by atoms with van der Waals surface area (Å²) in [5.41, 5.74) is -0.344. The van der Waals surface area contributed by atoms with Crippen LogP contribution >= 0.6 is 0 Å². The molecule has 0 unspecified atom stereocenters. The molecule has 3 nitrogen and oxygen atoms in total. The zero-order valence-corrected chi connectivity index (χ0v) is 11.7. The predicted octanol–water partition coefficient (Wildman–Crippen LogP) is 2.49. The molecule has 114 valence electrons. The second-order valence-corrected chi connectivity index (χ2v) is 5.09. The molecule has 1 aliphatic heterocycles. The molecule has 1 amide bonds. The average Bonchev–Trinajstić information content (AvgIpc) is 2.45. The van der Waals surface area contributed by atoms with Gasteiger partial charge in [-0.15, -0.1) is 0 Å². The maximum atomic E-state index is 12.6. The molecule has 1 fully saturated rings. The Morgan fingerprint density at radius 1 is 1.19 bits per heavy atom. The van der Waals surface area contributed by atoms with Crippen molar-refractivity contribution in [1.29, 1.82) is 0 Å². The van der Waals surface area contributed by atoms with Gasteiger partial charge in [0.2, 0.25) is 5.91 Å². The Morgan fingerprint density at radius 2 is 1.86 bits per heavy atom. The second kappa shape index (κ2) is 6.30. The highest BCUT2D eigenvalue weighted by Gasteiger charge is 2.30. The van der Waals surface area contributed by atoms with Crippen molar-refractivity contribution in [3.8, 4) is 0 Å². The summed E-state index contributed by atoms with van der Waals surface area (Å²) in [7, 11) is 1.99. The molecule has 0 saturated carbocycles. The van der Waals surface area contributed by atoms with Crippen molar-refractivity contribution in [2.75, 3.05) is 33.2 Å². The molecule has 1 aromatic rings. The van der Waals surface area contributed by atoms with Crippen LogP contribution in [0.25, 0.3) is 6.08 Å². The molecule has 6 heteroatoms. The van der Waals surface area contributed by atoms with Crippen molar-refractivity contribution in [2.45, 2.75) is 6.18 Å². The Morgan fingerprint density at radius 3 is 2.48 bits per heavy atom. The number of hydrogen-bond acceptors (Lipinski definition) is 2. The maximum absolute atomic E-state index is 12.6. The van der Waals surface area contributed by atoms with Crippen LogP contribution in [0.5, 0.6) is 0 Å². The van der Waals surface area contributed by atoms with Gasteiger partial charge in [-0.2, -0.15) is 13.2 Å². The third-order valence-corrected chi connectivity index (χ3v) is 3.45. The number of alkyl halides is 3. The summed E-state index contributed by atoms with van der Waals surface area (Å²) in [5, 5.41) is 0. The fraction of sp³-hybridized carbons (Fsp3) is 0.400. The average molecular weight is 298 g/mol. The van der Waals surface area contributed by atoms with E-state index in [9.17, 15) is 18.0 Å². The lowest BCUT2D eigenvalue weighted by Crippen LogP contribution is -2.46. The number of carbonyl (C=O) groups excluding carboxylic acids is 1. The number of amides is 1. The lowest BCUT2D eigenvalue weighted by molar-refractivity contribution is -0.137. The fourth-order valence-electron chi connectivity index (χ4n) is 2.12. The van der Waals surface area contributed by atoms with Gasteiger partial charge in [0.05, 0.1) is 5.56 Å². The largest absolute Gasteiger partial charge is 0.416 e. The van der Waals surface area contributed by atoms with E-state index in [0.29, 0.717) is 18.7 Å². The third-order valence-electron chi connectivity index (χ3n) is 3.45. The first kappa shape index (κ1) is 15.6. The number of rotatable bonds is 2. The molecule has 1 heterocycles. The predicted molar refractivity (Wildman–Crippen MR) is 74.6 cm³/mol. The monoisotopic (exact) mass is 298 g/mol. The minimum Gasteiger partial charge on any atom is -0.337 e. The fourth-order valence-corrected chi connectivity index (χ4v) is 2.12. The van der Waals surface area contributed by atoms with Gasteiger partial charge in [0, 0.05) is 32.3 Å². The first-order valence-corrected chi connectivity index (χ1v) is 6.69. The molecule has 1 aromatic carbocycles. The van der Waals surface area contributed by atoms with E-state index in [1.165, 1.54) is 18.2 Å². The minimum absolute atomic E-state index is 0.166. The summed E-state index contributed by atoms with van der Waals surface area (Å²) >= 11 is 0. The Bertz CT molecular complexity index is 532. The van der Waals surface area contributed by atoms with Gasteiger partial charge in [-0.3, -0.25) is 4.79 Å². The quantitative estimate of drug-likeness (QED) is 0.783. The van der Waals surface area contributed by atoms with Crippen molar-refractivity contribution in [1.82, 2.24) is 9.80 Å². The Labute approximate surface area is 121 Å². The summed E-state index contributed by atoms with van der Waals surface area (Å²) in [6, 6.07) is 4.93. The van der Waals surface area contributed by atoms with E-state index in [1.807, 2.05) is 7.05 Å². The molecule has 0 spiro atoms. The first-order valence-electron chi connectivity index (χ1n) is 6.69. The number of carbonyl (C=O) groups is 1. The number of halogens is 3. The number of nitrogens with zero attached hydrogens (tertiary/aromatic N) is 2. The summed E-state index contributed by atoms with van der Waals surface area (Å²) in [5.74, 6) is -0.166. The van der Waals surface area contributed by atoms with Crippen LogP contribution < -0.4 is 0 Å². The van der Waals surface area contributed by atoms with E-state index in [1.54, 1.807) is 11.0 Å². The first-order chi connectivity index (χ1) is 9.86. The molecule has 0 radical (unpaired) electrons. The highest BCUT2D eigenvalue weighted by atomic mass is 19.4. The molecule has 21 heavy (non-hydrogen) atoms. The topological polar surface area (TPSA) is 23.6 Å². The molecule has 0 aliphatic carbocycles. The van der Waals surface area contributed by atoms with Crippen molar-refractivity contribution >= 4 is 12.0 Å². The van der Waals surface area contributed by atoms with E-state index in [4.69, 9.17) is 0 Å². The van der Waals surface area contributed by atoms with Crippen molar-refractivity contribution in [3.05, 3.63) is 41.5 Å². The highest BCUT2D eigenvalue weighted by molar-refractivity contribution is 5.91. The van der Waals surface area contributed by atoms with Crippen molar-refractivity contribution < 1.29 is 18.0 Å². The highest BCUT2D eigenvalue weighted by Crippen LogP contribution is 2.29. The Kier molecular flexibility index (Phi) is 4.67. The second-order valence-electron chi connectivity index (χ2n) is 5.09. The van der Waals surface area contributed by atoms with E-state index in [0.717, 1.165) is 25.2 Å². The van der Waals surface area contributed by atoms with E-state index < -0.39 is 11.7 Å². The summed E-state index contributed by atoms with van der Waals surface area (Å²) in [6.45, 7) is 2.90. The Hall–Kier alpha value is -1.82. The van der Waals surface area contributed by atoms with Crippen molar-refractivity contribution in [2.24, 2.45) is 0 Å². The molecule has 0 atom stereocenters. The van der Waals surface area contributed by atoms with Gasteiger partial charge in [0.1, 0.15) is 0 Å². The molecule has 1 aliphatic rings. The number of piperazine rings is 1. The van der Waals surface area contributed by atoms with Gasteiger partial charge in [-0.1, -0.05) is 12.1 Å². The van der Waals surface area contributed by atoms with Crippen LogP contribution in [0.2, 0.25) is 0 Å². The Balaban J connectivity index is 2.02. The van der Waals surface area contributed by atoms with Gasteiger partial charge in [-0.25, -0.2) is 0 Å². The normalized spacial score (nSPS) is 17.4. The summed E-state index contributed by atoms with van der Waals surface area (Å²) < 4.78 is 37.8. The maximum Gasteiger partial charge on any atom is 0.416 e. The molecule has 0 N–H and O–H groups in total. The summed E-state index contributed by atoms with van der Waals surface area (Å²) in [4.78, 5) is 15.8. The van der Waals surface area contributed by atoms with Crippen LogP contribution in [0.15, 0.2) is 30.3 Å². The van der Waals surface area contributed by atoms with Crippen molar-refractivity contribution in [3.63, 3.8) is 0 Å². The van der Waals surface area contributed by atoms with E-state index in [2.05, 4.69) is 4.90 Å². The van der Waals surface area contributed by atoms with Crippen LogP contribution in [0, 0.1) is 0 Å². The van der Waals surface area contributed by atoms with Gasteiger partial charge >= 0.3 is 6.18 Å². The van der Waals surface area contributed by atoms with Gasteiger partial charge in [0.15, 0.2) is 0 Å². The van der Waals surface area contributed by atoms with Crippen LogP contribution in [0.1, 0.15) is 11.1 Å². The third kappa shape index (κ3) is 4.32. The van der Waals surface area contributed by atoms with Crippen LogP contribution in [0.3, 0.4) is 0 Å². The lowest BCUT2D eigenvalue weighted by atomic mass is 10.1. The van der Waals surface area contributed by atoms with Gasteiger partial charge in [0.25, 0.3) is 0 Å². The van der Waals surface area contributed by atoms with Gasteiger partial charge < -0.3 is 9.80 Å². The van der Waals surface area contributed by atoms with E-state index >= 15 is 0 Å².